The Hall–Kier alpha value is -5.88. The SMILES string of the molecule is O=C1CCC(N2Cc3cc4c(cc3C2=O)OC[C@@H]2CN(CC(=O)N3CC5(C3)CN(c3ccc([C@@H]6c7ccc(O)cc7CC[C@@H]6c6ccccc6)cc3)C5)CCN42)C(=O)N1. The van der Waals surface area contributed by atoms with Crippen molar-refractivity contribution in [3.63, 3.8) is 0 Å². The second kappa shape index (κ2) is 13.9. The van der Waals surface area contributed by atoms with E-state index < -0.39 is 11.9 Å². The van der Waals surface area contributed by atoms with Crippen molar-refractivity contribution in [2.75, 3.05) is 68.8 Å². The molecule has 7 aliphatic rings. The predicted molar refractivity (Wildman–Crippen MR) is 221 cm³/mol. The van der Waals surface area contributed by atoms with Crippen LogP contribution in [0.3, 0.4) is 0 Å². The average Bonchev–Trinajstić information content (AvgIpc) is 3.53. The number of benzene rings is 4. The summed E-state index contributed by atoms with van der Waals surface area (Å²) in [4.78, 5) is 61.8. The van der Waals surface area contributed by atoms with Gasteiger partial charge >= 0.3 is 0 Å². The van der Waals surface area contributed by atoms with Crippen molar-refractivity contribution in [2.24, 2.45) is 5.41 Å². The molecule has 4 amide bonds. The lowest BCUT2D eigenvalue weighted by Crippen LogP contribution is -2.73. The molecule has 4 aromatic rings. The third-order valence-electron chi connectivity index (χ3n) is 14.2. The van der Waals surface area contributed by atoms with Crippen LogP contribution in [0.4, 0.5) is 11.4 Å². The number of ether oxygens (including phenoxy) is 1. The molecule has 4 fully saturated rings. The zero-order valence-electron chi connectivity index (χ0n) is 33.0. The minimum atomic E-state index is -0.653. The molecular weight excluding hydrogens is 745 g/mol. The standard InChI is InChI=1S/C47H48N6O6/c54-35-11-13-37-31(18-35)8-12-36(29-4-2-1-3-5-29)44(37)30-6-9-33(10-7-30)50-25-47(26-50)27-51(28-47)43(56)23-49-16-17-52-34(22-49)24-59-41-20-38-32(19-40(41)52)21-53(46(38)58)39-14-15-42(55)48-45(39)57/h1-7,9-11,13,18-20,34,36,39,44,54H,8,12,14-17,21-28H2,(H,48,55,57)/t34-,36+,39?,44-/m0/s1. The second-order valence-corrected chi connectivity index (χ2v) is 17.9. The highest BCUT2D eigenvalue weighted by Gasteiger charge is 2.53. The van der Waals surface area contributed by atoms with Gasteiger partial charge in [0.25, 0.3) is 5.91 Å². The van der Waals surface area contributed by atoms with E-state index in [0.717, 1.165) is 63.4 Å². The number of hydrogen-bond acceptors (Lipinski definition) is 9. The Kier molecular flexibility index (Phi) is 8.51. The van der Waals surface area contributed by atoms with Gasteiger partial charge in [0.2, 0.25) is 17.7 Å². The average molecular weight is 793 g/mol. The Morgan fingerprint density at radius 3 is 2.44 bits per heavy atom. The van der Waals surface area contributed by atoms with Gasteiger partial charge in [-0.05, 0) is 89.4 Å². The van der Waals surface area contributed by atoms with E-state index in [1.165, 1.54) is 27.9 Å². The number of phenols is 1. The number of piperazine rings is 1. The van der Waals surface area contributed by atoms with Crippen LogP contribution >= 0.6 is 0 Å². The summed E-state index contributed by atoms with van der Waals surface area (Å²) >= 11 is 0. The first-order chi connectivity index (χ1) is 28.7. The molecule has 4 saturated heterocycles. The summed E-state index contributed by atoms with van der Waals surface area (Å²) in [6.45, 7) is 6.90. The molecule has 0 radical (unpaired) electrons. The quantitative estimate of drug-likeness (QED) is 0.276. The molecular formula is C47H48N6O6. The molecule has 12 nitrogen and oxygen atoms in total. The van der Waals surface area contributed by atoms with E-state index in [0.29, 0.717) is 55.6 Å². The number of aromatic hydroxyl groups is 1. The fourth-order valence-corrected chi connectivity index (χ4v) is 11.2. The van der Waals surface area contributed by atoms with Crippen LogP contribution in [0.5, 0.6) is 11.5 Å². The van der Waals surface area contributed by atoms with Crippen LogP contribution < -0.4 is 19.9 Å². The zero-order chi connectivity index (χ0) is 40.0. The van der Waals surface area contributed by atoms with Gasteiger partial charge in [-0.2, -0.15) is 0 Å². The van der Waals surface area contributed by atoms with Gasteiger partial charge in [0.05, 0.1) is 18.3 Å². The summed E-state index contributed by atoms with van der Waals surface area (Å²) in [7, 11) is 0. The molecule has 4 atom stereocenters. The van der Waals surface area contributed by atoms with Gasteiger partial charge in [0.1, 0.15) is 24.1 Å². The Balaban J connectivity index is 0.686. The maximum Gasteiger partial charge on any atom is 0.255 e. The van der Waals surface area contributed by atoms with Crippen LogP contribution in [0.25, 0.3) is 0 Å². The third kappa shape index (κ3) is 6.22. The van der Waals surface area contributed by atoms with Gasteiger partial charge in [-0.15, -0.1) is 0 Å². The smallest absolute Gasteiger partial charge is 0.255 e. The second-order valence-electron chi connectivity index (χ2n) is 17.9. The van der Waals surface area contributed by atoms with Crippen molar-refractivity contribution >= 4 is 35.0 Å². The molecule has 6 aliphatic heterocycles. The number of phenolic OH excluding ortho intramolecular Hbond substituents is 1. The van der Waals surface area contributed by atoms with Crippen LogP contribution in [-0.2, 0) is 27.3 Å². The van der Waals surface area contributed by atoms with Gasteiger partial charge in [0.15, 0.2) is 0 Å². The highest BCUT2D eigenvalue weighted by molar-refractivity contribution is 6.06. The Labute approximate surface area is 343 Å². The number of nitrogens with zero attached hydrogens (tertiary/aromatic N) is 5. The summed E-state index contributed by atoms with van der Waals surface area (Å²) < 4.78 is 6.22. The lowest BCUT2D eigenvalue weighted by Gasteiger charge is -2.61. The van der Waals surface area contributed by atoms with E-state index in [2.05, 4.69) is 80.7 Å². The van der Waals surface area contributed by atoms with Crippen LogP contribution in [0.2, 0.25) is 0 Å². The van der Waals surface area contributed by atoms with E-state index in [1.807, 2.05) is 29.2 Å². The molecule has 1 unspecified atom stereocenters. The lowest BCUT2D eigenvalue weighted by molar-refractivity contribution is -0.146. The van der Waals surface area contributed by atoms with E-state index in [-0.39, 0.29) is 41.5 Å². The number of fused-ring (bicyclic) bond motifs is 5. The summed E-state index contributed by atoms with van der Waals surface area (Å²) in [5.74, 6) is 0.866. The number of amides is 4. The molecule has 0 aromatic heterocycles. The number of carbonyl (C=O) groups excluding carboxylic acids is 4. The van der Waals surface area contributed by atoms with Gasteiger partial charge in [0, 0.05) is 81.4 Å². The number of rotatable bonds is 6. The number of anilines is 2. The molecule has 302 valence electrons. The number of hydrogen-bond donors (Lipinski definition) is 2. The number of likely N-dealkylation sites (tertiary alicyclic amines) is 1. The van der Waals surface area contributed by atoms with Crippen LogP contribution in [-0.4, -0.2) is 114 Å². The lowest BCUT2D eigenvalue weighted by atomic mass is 9.69. The first-order valence-electron chi connectivity index (χ1n) is 21.1. The van der Waals surface area contributed by atoms with Gasteiger partial charge < -0.3 is 29.4 Å². The molecule has 4 aromatic carbocycles. The minimum Gasteiger partial charge on any atom is -0.508 e. The summed E-state index contributed by atoms with van der Waals surface area (Å²) in [5.41, 5.74) is 8.95. The van der Waals surface area contributed by atoms with Gasteiger partial charge in [-0.3, -0.25) is 29.4 Å². The summed E-state index contributed by atoms with van der Waals surface area (Å²) in [5, 5.41) is 12.6. The van der Waals surface area contributed by atoms with Crippen LogP contribution in [0, 0.1) is 5.41 Å². The first kappa shape index (κ1) is 36.2. The summed E-state index contributed by atoms with van der Waals surface area (Å²) in [6.07, 6.45) is 2.55. The molecule has 11 rings (SSSR count). The van der Waals surface area contributed by atoms with Gasteiger partial charge in [-0.25, -0.2) is 0 Å². The third-order valence-corrected chi connectivity index (χ3v) is 14.2. The monoisotopic (exact) mass is 792 g/mol. The molecule has 2 N–H and O–H groups in total. The maximum atomic E-state index is 13.5. The number of nitrogens with one attached hydrogen (secondary N) is 1. The van der Waals surface area contributed by atoms with Crippen LogP contribution in [0.1, 0.15) is 69.3 Å². The maximum absolute atomic E-state index is 13.5. The van der Waals surface area contributed by atoms with Crippen molar-refractivity contribution < 1.29 is 29.0 Å². The van der Waals surface area contributed by atoms with E-state index >= 15 is 0 Å². The normalized spacial score (nSPS) is 25.6. The number of piperidine rings is 1. The highest BCUT2D eigenvalue weighted by atomic mass is 16.5. The molecule has 59 heavy (non-hydrogen) atoms. The number of imide groups is 1. The molecule has 12 heteroatoms. The van der Waals surface area contributed by atoms with Crippen molar-refractivity contribution in [3.8, 4) is 11.5 Å². The summed E-state index contributed by atoms with van der Waals surface area (Å²) in [6, 6.07) is 29.1. The topological polar surface area (TPSA) is 126 Å². The van der Waals surface area contributed by atoms with Crippen molar-refractivity contribution in [1.29, 1.82) is 0 Å². The van der Waals surface area contributed by atoms with Crippen molar-refractivity contribution in [2.45, 2.75) is 56.1 Å². The van der Waals surface area contributed by atoms with E-state index in [4.69, 9.17) is 4.74 Å². The Morgan fingerprint density at radius 2 is 1.64 bits per heavy atom. The fourth-order valence-electron chi connectivity index (χ4n) is 11.2. The first-order valence-corrected chi connectivity index (χ1v) is 21.1. The van der Waals surface area contributed by atoms with E-state index in [9.17, 15) is 24.3 Å². The molecule has 0 bridgehead atoms. The molecule has 1 spiro atoms. The predicted octanol–water partition coefficient (Wildman–Crippen LogP) is 4.25. The molecule has 0 saturated carbocycles. The zero-order valence-corrected chi connectivity index (χ0v) is 33.0. The van der Waals surface area contributed by atoms with E-state index in [1.54, 1.807) is 4.90 Å². The number of aryl methyl sites for hydroxylation is 1. The van der Waals surface area contributed by atoms with Crippen molar-refractivity contribution in [1.82, 2.24) is 20.0 Å². The largest absolute Gasteiger partial charge is 0.508 e. The molecule has 1 aliphatic carbocycles. The number of carbonyl (C=O) groups is 4. The minimum absolute atomic E-state index is 0.0882. The van der Waals surface area contributed by atoms with Gasteiger partial charge in [-0.1, -0.05) is 48.5 Å². The molecule has 6 heterocycles. The Bertz CT molecular complexity index is 2370. The Morgan fingerprint density at radius 1 is 0.831 bits per heavy atom. The fraction of sp³-hybridized carbons (Fsp3) is 0.404. The van der Waals surface area contributed by atoms with Crippen LogP contribution in [0.15, 0.2) is 84.9 Å². The van der Waals surface area contributed by atoms with Crippen molar-refractivity contribution in [3.05, 3.63) is 118 Å². The highest BCUT2D eigenvalue weighted by Crippen LogP contribution is 2.48.